The molecule has 11 aromatic rings. The molecule has 0 fully saturated rings. The monoisotopic (exact) mass is 713 g/mol. The number of furan rings is 1. The predicted molar refractivity (Wildman–Crippen MR) is 237 cm³/mol. The molecule has 2 heteroatoms. The molecule has 0 radical (unpaired) electrons. The molecule has 0 unspecified atom stereocenters. The highest BCUT2D eigenvalue weighted by Gasteiger charge is 2.19. The molecule has 262 valence electrons. The van der Waals surface area contributed by atoms with E-state index in [0.717, 1.165) is 50.1 Å². The summed E-state index contributed by atoms with van der Waals surface area (Å²) in [5, 5.41) is 9.69. The molecule has 2 nitrogen and oxygen atoms in total. The summed E-state index contributed by atoms with van der Waals surface area (Å²) in [5.74, 6) is 0. The highest BCUT2D eigenvalue weighted by molar-refractivity contribution is 6.14. The number of hydrogen-bond donors (Lipinski definition) is 0. The third kappa shape index (κ3) is 5.42. The Hall–Kier alpha value is -7.42. The fraction of sp³-hybridized carbons (Fsp3) is 0. The van der Waals surface area contributed by atoms with E-state index < -0.39 is 0 Å². The number of para-hydroxylation sites is 1. The van der Waals surface area contributed by atoms with Crippen LogP contribution in [-0.2, 0) is 0 Å². The normalized spacial score (nSPS) is 11.6. The summed E-state index contributed by atoms with van der Waals surface area (Å²) >= 11 is 0. The van der Waals surface area contributed by atoms with E-state index in [0.29, 0.717) is 0 Å². The zero-order valence-electron chi connectivity index (χ0n) is 30.6. The molecule has 0 atom stereocenters. The van der Waals surface area contributed by atoms with E-state index in [1.165, 1.54) is 54.6 Å². The lowest BCUT2D eigenvalue weighted by Crippen LogP contribution is -2.10. The molecule has 0 aliphatic heterocycles. The van der Waals surface area contributed by atoms with Gasteiger partial charge >= 0.3 is 0 Å². The first-order valence-corrected chi connectivity index (χ1v) is 19.2. The van der Waals surface area contributed by atoms with Crippen molar-refractivity contribution in [1.29, 1.82) is 0 Å². The zero-order chi connectivity index (χ0) is 37.0. The molecule has 0 spiro atoms. The molecule has 0 aliphatic rings. The number of fused-ring (bicyclic) bond motifs is 7. The predicted octanol–water partition coefficient (Wildman–Crippen LogP) is 15.5. The number of anilines is 3. The van der Waals surface area contributed by atoms with Gasteiger partial charge in [0.05, 0.1) is 5.69 Å². The van der Waals surface area contributed by atoms with Crippen molar-refractivity contribution in [3.8, 4) is 33.4 Å². The fourth-order valence-electron chi connectivity index (χ4n) is 8.50. The minimum atomic E-state index is 0.902. The Kier molecular flexibility index (Phi) is 7.53. The average molecular weight is 714 g/mol. The van der Waals surface area contributed by atoms with Crippen LogP contribution in [-0.4, -0.2) is 0 Å². The van der Waals surface area contributed by atoms with E-state index in [4.69, 9.17) is 4.42 Å². The summed E-state index contributed by atoms with van der Waals surface area (Å²) in [7, 11) is 0. The van der Waals surface area contributed by atoms with E-state index in [2.05, 4.69) is 205 Å². The third-order valence-corrected chi connectivity index (χ3v) is 11.2. The molecule has 0 bridgehead atoms. The Labute approximate surface area is 325 Å². The molecule has 11 rings (SSSR count). The van der Waals surface area contributed by atoms with Gasteiger partial charge in [0.25, 0.3) is 0 Å². The van der Waals surface area contributed by atoms with Crippen molar-refractivity contribution in [2.75, 3.05) is 4.90 Å². The minimum absolute atomic E-state index is 0.902. The van der Waals surface area contributed by atoms with Crippen molar-refractivity contribution in [2.24, 2.45) is 0 Å². The van der Waals surface area contributed by atoms with Gasteiger partial charge in [0.2, 0.25) is 0 Å². The van der Waals surface area contributed by atoms with Crippen molar-refractivity contribution in [3.63, 3.8) is 0 Å². The second-order valence-electron chi connectivity index (χ2n) is 14.5. The molecule has 0 amide bonds. The van der Waals surface area contributed by atoms with Gasteiger partial charge in [0.1, 0.15) is 11.2 Å². The first-order valence-electron chi connectivity index (χ1n) is 19.2. The van der Waals surface area contributed by atoms with E-state index in [1.54, 1.807) is 0 Å². The van der Waals surface area contributed by atoms with Gasteiger partial charge in [0.15, 0.2) is 0 Å². The van der Waals surface area contributed by atoms with Crippen molar-refractivity contribution < 1.29 is 4.42 Å². The second-order valence-corrected chi connectivity index (χ2v) is 14.5. The Morgan fingerprint density at radius 3 is 1.68 bits per heavy atom. The molecular weight excluding hydrogens is 679 g/mol. The average Bonchev–Trinajstić information content (AvgIpc) is 3.65. The van der Waals surface area contributed by atoms with Crippen LogP contribution in [0.3, 0.4) is 0 Å². The number of benzene rings is 10. The van der Waals surface area contributed by atoms with Crippen molar-refractivity contribution >= 4 is 71.3 Å². The quantitative estimate of drug-likeness (QED) is 0.160. The Morgan fingerprint density at radius 1 is 0.286 bits per heavy atom. The van der Waals surface area contributed by atoms with Crippen molar-refractivity contribution in [3.05, 3.63) is 212 Å². The van der Waals surface area contributed by atoms with Crippen LogP contribution >= 0.6 is 0 Å². The summed E-state index contributed by atoms with van der Waals surface area (Å²) in [6.45, 7) is 0. The van der Waals surface area contributed by atoms with E-state index >= 15 is 0 Å². The smallest absolute Gasteiger partial charge is 0.135 e. The lowest BCUT2D eigenvalue weighted by Gasteiger charge is -2.28. The first kappa shape index (κ1) is 32.0. The third-order valence-electron chi connectivity index (χ3n) is 11.2. The van der Waals surface area contributed by atoms with Crippen molar-refractivity contribution in [1.82, 2.24) is 0 Å². The van der Waals surface area contributed by atoms with E-state index in [9.17, 15) is 0 Å². The number of nitrogens with zero attached hydrogens (tertiary/aromatic N) is 1. The van der Waals surface area contributed by atoms with Crippen LogP contribution < -0.4 is 4.90 Å². The standard InChI is InChI=1S/C54H35NO/c1-3-16-45-38(11-1)13-10-21-46(45)39-25-23-36(24-26-39)37-27-30-43(31-28-37)55(52-35-42-12-2-4-17-47(42)48-18-5-6-19-49(48)52)44-15-9-14-40(33-44)41-29-32-54-51(34-41)50-20-7-8-22-53(50)56-54/h1-35H. The maximum atomic E-state index is 6.17. The summed E-state index contributed by atoms with van der Waals surface area (Å²) in [4.78, 5) is 2.41. The van der Waals surface area contributed by atoms with Crippen LogP contribution in [0.1, 0.15) is 0 Å². The van der Waals surface area contributed by atoms with Gasteiger partial charge in [0, 0.05) is 27.5 Å². The van der Waals surface area contributed by atoms with Gasteiger partial charge in [-0.1, -0.05) is 164 Å². The van der Waals surface area contributed by atoms with Gasteiger partial charge in [-0.3, -0.25) is 0 Å². The van der Waals surface area contributed by atoms with E-state index in [1.807, 2.05) is 12.1 Å². The van der Waals surface area contributed by atoms with Crippen LogP contribution in [0.4, 0.5) is 17.1 Å². The fourth-order valence-corrected chi connectivity index (χ4v) is 8.50. The van der Waals surface area contributed by atoms with Gasteiger partial charge in [-0.05, 0) is 109 Å². The zero-order valence-corrected chi connectivity index (χ0v) is 30.6. The van der Waals surface area contributed by atoms with Crippen LogP contribution in [0.5, 0.6) is 0 Å². The molecule has 0 N–H and O–H groups in total. The second kappa shape index (κ2) is 13.2. The van der Waals surface area contributed by atoms with Crippen LogP contribution in [0, 0.1) is 0 Å². The van der Waals surface area contributed by atoms with Crippen molar-refractivity contribution in [2.45, 2.75) is 0 Å². The lowest BCUT2D eigenvalue weighted by molar-refractivity contribution is 0.669. The summed E-state index contributed by atoms with van der Waals surface area (Å²) < 4.78 is 6.17. The van der Waals surface area contributed by atoms with Crippen LogP contribution in [0.25, 0.3) is 87.6 Å². The molecule has 0 saturated heterocycles. The molecule has 10 aromatic carbocycles. The molecule has 56 heavy (non-hydrogen) atoms. The highest BCUT2D eigenvalue weighted by Crippen LogP contribution is 2.44. The molecule has 0 saturated carbocycles. The lowest BCUT2D eigenvalue weighted by atomic mass is 9.96. The maximum absolute atomic E-state index is 6.17. The minimum Gasteiger partial charge on any atom is -0.456 e. The largest absolute Gasteiger partial charge is 0.456 e. The molecule has 0 aliphatic carbocycles. The van der Waals surface area contributed by atoms with Gasteiger partial charge in [-0.2, -0.15) is 0 Å². The Morgan fingerprint density at radius 2 is 0.857 bits per heavy atom. The summed E-state index contributed by atoms with van der Waals surface area (Å²) in [6, 6.07) is 76.6. The van der Waals surface area contributed by atoms with Crippen LogP contribution in [0.15, 0.2) is 217 Å². The summed E-state index contributed by atoms with van der Waals surface area (Å²) in [5.41, 5.74) is 12.3. The SMILES string of the molecule is c1cc(-c2ccc3oc4ccccc4c3c2)cc(N(c2ccc(-c3ccc(-c4cccc5ccccc45)cc3)cc2)c2cc3ccccc3c3ccccc23)c1. The molecule has 1 aromatic heterocycles. The number of rotatable bonds is 6. The molecular formula is C54H35NO. The van der Waals surface area contributed by atoms with Crippen LogP contribution in [0.2, 0.25) is 0 Å². The number of hydrogen-bond acceptors (Lipinski definition) is 2. The van der Waals surface area contributed by atoms with Gasteiger partial charge in [-0.25, -0.2) is 0 Å². The van der Waals surface area contributed by atoms with Gasteiger partial charge < -0.3 is 9.32 Å². The topological polar surface area (TPSA) is 16.4 Å². The summed E-state index contributed by atoms with van der Waals surface area (Å²) in [6.07, 6.45) is 0. The Balaban J connectivity index is 1.03. The Bertz CT molecular complexity index is 3240. The first-order chi connectivity index (χ1) is 27.7. The highest BCUT2D eigenvalue weighted by atomic mass is 16.3. The van der Waals surface area contributed by atoms with E-state index in [-0.39, 0.29) is 0 Å². The van der Waals surface area contributed by atoms with Gasteiger partial charge in [-0.15, -0.1) is 0 Å². The molecule has 1 heterocycles. The maximum Gasteiger partial charge on any atom is 0.135 e.